The van der Waals surface area contributed by atoms with Crippen molar-refractivity contribution >= 4 is 34.6 Å². The largest absolute Gasteiger partial charge is 0.416 e. The van der Waals surface area contributed by atoms with Crippen LogP contribution in [0.25, 0.3) is 16.7 Å². The summed E-state index contributed by atoms with van der Waals surface area (Å²) < 4.78 is 7.28. The lowest BCUT2D eigenvalue weighted by Gasteiger charge is -2.28. The third kappa shape index (κ3) is 3.72. The maximum atomic E-state index is 12.5. The molecule has 9 heteroatoms. The number of benzene rings is 1. The molecule has 4 heterocycles. The van der Waals surface area contributed by atoms with Crippen LogP contribution in [0.1, 0.15) is 30.5 Å². The first-order valence-corrected chi connectivity index (χ1v) is 10.8. The van der Waals surface area contributed by atoms with Crippen LogP contribution in [0.4, 0.5) is 4.79 Å². The van der Waals surface area contributed by atoms with Gasteiger partial charge < -0.3 is 14.5 Å². The molecule has 0 radical (unpaired) electrons. The number of likely N-dealkylation sites (tertiary alicyclic amines) is 1. The lowest BCUT2D eigenvalue weighted by Crippen LogP contribution is -2.39. The molecule has 0 spiro atoms. The van der Waals surface area contributed by atoms with Gasteiger partial charge in [-0.3, -0.25) is 4.79 Å². The maximum Gasteiger partial charge on any atom is 0.416 e. The van der Waals surface area contributed by atoms with Crippen LogP contribution in [0.2, 0.25) is 5.02 Å². The Labute approximate surface area is 184 Å². The van der Waals surface area contributed by atoms with E-state index in [-0.39, 0.29) is 5.91 Å². The van der Waals surface area contributed by atoms with Crippen LogP contribution in [-0.2, 0) is 11.3 Å². The molecule has 0 atom stereocenters. The fourth-order valence-corrected chi connectivity index (χ4v) is 4.28. The zero-order valence-corrected chi connectivity index (χ0v) is 17.9. The quantitative estimate of drug-likeness (QED) is 0.605. The topological polar surface area (TPSA) is 80.6 Å². The molecule has 0 bridgehead atoms. The number of carbonyl (C=O) groups is 2. The molecular weight excluding hydrogens is 418 g/mol. The number of nitrogens with zero attached hydrogens (tertiary/aromatic N) is 5. The second-order valence-corrected chi connectivity index (χ2v) is 8.36. The zero-order chi connectivity index (χ0) is 21.5. The molecule has 2 aliphatic rings. The summed E-state index contributed by atoms with van der Waals surface area (Å²) in [7, 11) is 0. The van der Waals surface area contributed by atoms with E-state index in [9.17, 15) is 9.59 Å². The molecular formula is C22H22ClN5O3. The van der Waals surface area contributed by atoms with Crippen molar-refractivity contribution in [2.45, 2.75) is 32.7 Å². The van der Waals surface area contributed by atoms with Gasteiger partial charge in [0.25, 0.3) is 0 Å². The van der Waals surface area contributed by atoms with Gasteiger partial charge in [0.2, 0.25) is 11.8 Å². The number of aromatic nitrogens is 3. The smallest absolute Gasteiger partial charge is 0.391 e. The minimum Gasteiger partial charge on any atom is -0.391 e. The highest BCUT2D eigenvalue weighted by atomic mass is 35.5. The van der Waals surface area contributed by atoms with Crippen molar-refractivity contribution in [3.8, 4) is 11.6 Å². The summed E-state index contributed by atoms with van der Waals surface area (Å²) in [5.74, 6) is 0.518. The van der Waals surface area contributed by atoms with Gasteiger partial charge in [-0.25, -0.2) is 9.48 Å². The van der Waals surface area contributed by atoms with E-state index >= 15 is 0 Å². The predicted octanol–water partition coefficient (Wildman–Crippen LogP) is 3.71. The Morgan fingerprint density at radius 2 is 1.90 bits per heavy atom. The SMILES string of the molecule is Cc1nn(-c2ccc(Cl)cc2)c2nc3c(cc12)CN(CCCN1CCCC1=O)C(=O)O3. The Morgan fingerprint density at radius 3 is 2.65 bits per heavy atom. The van der Waals surface area contributed by atoms with E-state index in [1.807, 2.05) is 30.0 Å². The lowest BCUT2D eigenvalue weighted by atomic mass is 10.1. The van der Waals surface area contributed by atoms with Gasteiger partial charge >= 0.3 is 6.09 Å². The Morgan fingerprint density at radius 1 is 1.13 bits per heavy atom. The van der Waals surface area contributed by atoms with E-state index in [1.165, 1.54) is 0 Å². The van der Waals surface area contributed by atoms with Gasteiger partial charge in [0.1, 0.15) is 0 Å². The Bertz CT molecular complexity index is 1170. The molecule has 3 aromatic rings. The normalized spacial score (nSPS) is 16.2. The number of aryl methyl sites for hydroxylation is 1. The second kappa shape index (κ2) is 7.85. The number of pyridine rings is 1. The Balaban J connectivity index is 1.37. The highest BCUT2D eigenvalue weighted by molar-refractivity contribution is 6.30. The molecule has 2 aliphatic heterocycles. The number of ether oxygens (including phenoxy) is 1. The molecule has 1 saturated heterocycles. The molecule has 0 aliphatic carbocycles. The third-order valence-electron chi connectivity index (χ3n) is 5.78. The van der Waals surface area contributed by atoms with Crippen LogP contribution in [0, 0.1) is 6.92 Å². The summed E-state index contributed by atoms with van der Waals surface area (Å²) in [6.07, 6.45) is 1.85. The van der Waals surface area contributed by atoms with E-state index in [0.29, 0.717) is 42.6 Å². The van der Waals surface area contributed by atoms with E-state index in [2.05, 4.69) is 10.1 Å². The minimum absolute atomic E-state index is 0.200. The van der Waals surface area contributed by atoms with Crippen molar-refractivity contribution in [2.24, 2.45) is 0 Å². The molecule has 8 nitrogen and oxygen atoms in total. The third-order valence-corrected chi connectivity index (χ3v) is 6.04. The van der Waals surface area contributed by atoms with Gasteiger partial charge in [-0.15, -0.1) is 0 Å². The van der Waals surface area contributed by atoms with E-state index in [4.69, 9.17) is 16.3 Å². The van der Waals surface area contributed by atoms with E-state index in [1.54, 1.807) is 21.7 Å². The number of carbonyl (C=O) groups excluding carboxylic acids is 2. The van der Waals surface area contributed by atoms with Crippen LogP contribution in [-0.4, -0.2) is 56.2 Å². The number of amides is 2. The molecule has 5 rings (SSSR count). The number of hydrogen-bond donors (Lipinski definition) is 0. The maximum absolute atomic E-state index is 12.5. The van der Waals surface area contributed by atoms with Gasteiger partial charge in [0.05, 0.1) is 17.9 Å². The van der Waals surface area contributed by atoms with Crippen LogP contribution in [0.3, 0.4) is 0 Å². The van der Waals surface area contributed by atoms with Crippen molar-refractivity contribution in [2.75, 3.05) is 19.6 Å². The number of rotatable bonds is 5. The average Bonchev–Trinajstić information content (AvgIpc) is 3.30. The monoisotopic (exact) mass is 439 g/mol. The molecule has 160 valence electrons. The minimum atomic E-state index is -0.415. The number of halogens is 1. The van der Waals surface area contributed by atoms with Crippen LogP contribution in [0.15, 0.2) is 30.3 Å². The van der Waals surface area contributed by atoms with Crippen molar-refractivity contribution < 1.29 is 14.3 Å². The van der Waals surface area contributed by atoms with Crippen molar-refractivity contribution in [1.82, 2.24) is 24.6 Å². The molecule has 2 aromatic heterocycles. The predicted molar refractivity (Wildman–Crippen MR) is 115 cm³/mol. The highest BCUT2D eigenvalue weighted by Crippen LogP contribution is 2.30. The molecule has 1 fully saturated rings. The average molecular weight is 440 g/mol. The number of hydrogen-bond acceptors (Lipinski definition) is 5. The van der Waals surface area contributed by atoms with Crippen LogP contribution < -0.4 is 4.74 Å². The molecule has 2 amide bonds. The molecule has 1 aromatic carbocycles. The molecule has 0 unspecified atom stereocenters. The fraction of sp³-hybridized carbons (Fsp3) is 0.364. The second-order valence-electron chi connectivity index (χ2n) is 7.92. The zero-order valence-electron chi connectivity index (χ0n) is 17.2. The van der Waals surface area contributed by atoms with Gasteiger partial charge in [0.15, 0.2) is 5.65 Å². The Hall–Kier alpha value is -3.13. The molecule has 0 N–H and O–H groups in total. The van der Waals surface area contributed by atoms with E-state index < -0.39 is 6.09 Å². The Kier molecular flexibility index (Phi) is 5.02. The van der Waals surface area contributed by atoms with Crippen molar-refractivity contribution in [3.05, 3.63) is 46.6 Å². The summed E-state index contributed by atoms with van der Waals surface area (Å²) in [5, 5.41) is 6.17. The summed E-state index contributed by atoms with van der Waals surface area (Å²) in [6.45, 7) is 4.37. The molecule has 0 saturated carbocycles. The van der Waals surface area contributed by atoms with Gasteiger partial charge in [0, 0.05) is 42.0 Å². The standard InChI is InChI=1S/C22H22ClN5O3/c1-14-18-12-15-13-27(11-3-10-26-9-2-4-19(26)29)22(30)31-21(15)24-20(18)28(25-14)17-7-5-16(23)6-8-17/h5-8,12H,2-4,9-11,13H2,1H3. The van der Waals surface area contributed by atoms with Crippen LogP contribution in [0.5, 0.6) is 5.88 Å². The summed E-state index contributed by atoms with van der Waals surface area (Å²) in [5.41, 5.74) is 3.15. The first-order valence-electron chi connectivity index (χ1n) is 10.4. The highest BCUT2D eigenvalue weighted by Gasteiger charge is 2.28. The first kappa shape index (κ1) is 19.8. The van der Waals surface area contributed by atoms with Gasteiger partial charge in [-0.05, 0) is 50.1 Å². The number of fused-ring (bicyclic) bond motifs is 2. The summed E-state index contributed by atoms with van der Waals surface area (Å²) in [6, 6.07) is 9.33. The first-order chi connectivity index (χ1) is 15.0. The lowest BCUT2D eigenvalue weighted by molar-refractivity contribution is -0.127. The van der Waals surface area contributed by atoms with Crippen molar-refractivity contribution in [3.63, 3.8) is 0 Å². The molecule has 31 heavy (non-hydrogen) atoms. The fourth-order valence-electron chi connectivity index (χ4n) is 4.15. The van der Waals surface area contributed by atoms with Crippen molar-refractivity contribution in [1.29, 1.82) is 0 Å². The van der Waals surface area contributed by atoms with Gasteiger partial charge in [-0.1, -0.05) is 11.6 Å². The van der Waals surface area contributed by atoms with Gasteiger partial charge in [-0.2, -0.15) is 10.1 Å². The summed E-state index contributed by atoms with van der Waals surface area (Å²) >= 11 is 6.00. The van der Waals surface area contributed by atoms with E-state index in [0.717, 1.165) is 41.7 Å². The van der Waals surface area contributed by atoms with Crippen LogP contribution >= 0.6 is 11.6 Å². The summed E-state index contributed by atoms with van der Waals surface area (Å²) in [4.78, 5) is 32.4.